The molecule has 1 N–H and O–H groups in total. The van der Waals surface area contributed by atoms with Gasteiger partial charge in [0, 0.05) is 18.6 Å². The molecule has 0 aromatic heterocycles. The van der Waals surface area contributed by atoms with Gasteiger partial charge < -0.3 is 9.47 Å². The van der Waals surface area contributed by atoms with Crippen LogP contribution in [0.15, 0.2) is 42.5 Å². The average molecular weight is 559 g/mol. The lowest BCUT2D eigenvalue weighted by Crippen LogP contribution is -2.55. The maximum Gasteiger partial charge on any atom is 0.512 e. The predicted octanol–water partition coefficient (Wildman–Crippen LogP) is 2.61. The van der Waals surface area contributed by atoms with Gasteiger partial charge in [0.1, 0.15) is 6.61 Å². The summed E-state index contributed by atoms with van der Waals surface area (Å²) in [7, 11) is -14.0. The molecule has 1 aromatic rings. The van der Waals surface area contributed by atoms with E-state index in [1.165, 1.54) is 0 Å². The van der Waals surface area contributed by atoms with Crippen LogP contribution in [0.25, 0.3) is 0 Å². The van der Waals surface area contributed by atoms with Crippen molar-refractivity contribution in [1.29, 1.82) is 0 Å². The molecule has 9 nitrogen and oxygen atoms in total. The summed E-state index contributed by atoms with van der Waals surface area (Å²) in [6, 6.07) is 8.34. The van der Waals surface area contributed by atoms with Gasteiger partial charge in [-0.15, -0.1) is 0 Å². The van der Waals surface area contributed by atoms with E-state index in [4.69, 9.17) is 4.74 Å². The van der Waals surface area contributed by atoms with Crippen LogP contribution in [0.1, 0.15) is 18.4 Å². The van der Waals surface area contributed by atoms with E-state index in [0.29, 0.717) is 17.7 Å². The van der Waals surface area contributed by atoms with E-state index in [1.807, 2.05) is 0 Å². The lowest BCUT2D eigenvalue weighted by Gasteiger charge is -2.26. The fraction of sp³-hybridized carbons (Fsp3) is 0.412. The number of carbonyl (C=O) groups excluding carboxylic acids is 2. The Morgan fingerprint density at radius 2 is 1.34 bits per heavy atom. The first kappa shape index (κ1) is 30.3. The van der Waals surface area contributed by atoms with Crippen LogP contribution in [0.2, 0.25) is 0 Å². The van der Waals surface area contributed by atoms with Gasteiger partial charge in [-0.05, 0) is 12.0 Å². The minimum atomic E-state index is -7.07. The number of hydrogen-bond donors (Lipinski definition) is 1. The Morgan fingerprint density at radius 3 is 1.86 bits per heavy atom. The number of hydrogen-bond acceptors (Lipinski definition) is 8. The molecule has 0 heterocycles. The van der Waals surface area contributed by atoms with Gasteiger partial charge in [0.2, 0.25) is 0 Å². The van der Waals surface area contributed by atoms with Gasteiger partial charge in [0.15, 0.2) is 0 Å². The van der Waals surface area contributed by atoms with Crippen molar-refractivity contribution >= 4 is 32.0 Å². The Bertz CT molecular complexity index is 1130. The smallest absolute Gasteiger partial charge is 0.463 e. The molecule has 0 bridgehead atoms. The molecule has 1 rings (SSSR count). The molecule has 18 heteroatoms. The predicted molar refractivity (Wildman–Crippen MR) is 102 cm³/mol. The number of ether oxygens (including phenoxy) is 2. The van der Waals surface area contributed by atoms with Gasteiger partial charge in [-0.25, -0.2) is 26.4 Å². The molecule has 0 radical (unpaired) electrons. The van der Waals surface area contributed by atoms with E-state index in [2.05, 4.69) is 4.74 Å². The van der Waals surface area contributed by atoms with Crippen molar-refractivity contribution in [3.63, 3.8) is 0 Å². The lowest BCUT2D eigenvalue weighted by atomic mass is 10.2. The van der Waals surface area contributed by atoms with Gasteiger partial charge >= 0.3 is 38.6 Å². The standard InChI is InChI=1S/C17H16F7NO8S2/c18-15(19,16(20,21)34(28,29)25-35(30,31)17(22,23)24)9-4-10-32-13(26)7-8-14(27)33-11-12-5-2-1-3-6-12/h1-3,5-8,25H,4,9-11H2/b8-7-. The molecule has 0 saturated carbocycles. The van der Waals surface area contributed by atoms with Gasteiger partial charge in [-0.1, -0.05) is 34.5 Å². The SMILES string of the molecule is O=C(/C=C\C(=O)OCc1ccccc1)OCCCC(F)(F)C(F)(F)S(=O)(=O)NS(=O)(=O)C(F)(F)F. The molecule has 0 unspecified atom stereocenters. The maximum absolute atomic E-state index is 13.7. The highest BCUT2D eigenvalue weighted by molar-refractivity contribution is 8.05. The van der Waals surface area contributed by atoms with E-state index in [9.17, 15) is 57.2 Å². The third-order valence-corrected chi connectivity index (χ3v) is 7.08. The second-order valence-electron chi connectivity index (χ2n) is 6.45. The van der Waals surface area contributed by atoms with Gasteiger partial charge in [0.05, 0.1) is 6.61 Å². The summed E-state index contributed by atoms with van der Waals surface area (Å²) in [6.07, 6.45) is -2.02. The zero-order valence-electron chi connectivity index (χ0n) is 17.1. The Kier molecular flexibility index (Phi) is 9.82. The second-order valence-corrected chi connectivity index (χ2v) is 10.1. The lowest BCUT2D eigenvalue weighted by molar-refractivity contribution is -0.164. The van der Waals surface area contributed by atoms with Crippen molar-refractivity contribution in [3.8, 4) is 0 Å². The molecule has 0 aliphatic carbocycles. The molecule has 0 atom stereocenters. The normalized spacial score (nSPS) is 13.6. The van der Waals surface area contributed by atoms with Crippen LogP contribution in [0.4, 0.5) is 30.7 Å². The zero-order valence-corrected chi connectivity index (χ0v) is 18.7. The second kappa shape index (κ2) is 11.3. The first-order valence-electron chi connectivity index (χ1n) is 8.98. The van der Waals surface area contributed by atoms with E-state index < -0.39 is 72.2 Å². The molecular weight excluding hydrogens is 543 g/mol. The highest BCUT2D eigenvalue weighted by atomic mass is 32.3. The van der Waals surface area contributed by atoms with E-state index in [0.717, 1.165) is 0 Å². The summed E-state index contributed by atoms with van der Waals surface area (Å²) in [4.78, 5) is 22.9. The van der Waals surface area contributed by atoms with Crippen molar-refractivity contribution in [1.82, 2.24) is 4.13 Å². The third-order valence-electron chi connectivity index (χ3n) is 3.75. The molecule has 0 aliphatic heterocycles. The first-order valence-corrected chi connectivity index (χ1v) is 11.9. The highest BCUT2D eigenvalue weighted by Crippen LogP contribution is 2.42. The van der Waals surface area contributed by atoms with Crippen molar-refractivity contribution in [2.45, 2.75) is 36.1 Å². The minimum absolute atomic E-state index is 0.135. The van der Waals surface area contributed by atoms with Crippen molar-refractivity contribution in [3.05, 3.63) is 48.0 Å². The van der Waals surface area contributed by atoms with Crippen LogP contribution in [0.3, 0.4) is 0 Å². The quantitative estimate of drug-likeness (QED) is 0.179. The maximum atomic E-state index is 13.7. The first-order chi connectivity index (χ1) is 15.8. The summed E-state index contributed by atoms with van der Waals surface area (Å²) >= 11 is 0. The number of rotatable bonds is 12. The Balaban J connectivity index is 2.58. The van der Waals surface area contributed by atoms with Crippen molar-refractivity contribution < 1.29 is 66.6 Å². The Labute approximate surface area is 194 Å². The van der Waals surface area contributed by atoms with E-state index in [1.54, 1.807) is 30.3 Å². The summed E-state index contributed by atoms with van der Waals surface area (Å²) in [6.45, 7) is -1.13. The van der Waals surface area contributed by atoms with E-state index >= 15 is 0 Å². The number of halogens is 7. The Hall–Kier alpha value is -2.73. The molecular formula is C17H16F7NO8S2. The molecule has 0 spiro atoms. The van der Waals surface area contributed by atoms with Gasteiger partial charge in [0.25, 0.3) is 10.0 Å². The number of sulfonamides is 2. The van der Waals surface area contributed by atoms with E-state index in [-0.39, 0.29) is 6.61 Å². The molecule has 0 aliphatic rings. The molecule has 0 fully saturated rings. The van der Waals surface area contributed by atoms with Crippen molar-refractivity contribution in [2.75, 3.05) is 6.61 Å². The number of carbonyl (C=O) groups is 2. The number of alkyl halides is 7. The average Bonchev–Trinajstić information content (AvgIpc) is 2.72. The zero-order chi connectivity index (χ0) is 27.1. The number of esters is 2. The minimum Gasteiger partial charge on any atom is -0.463 e. The third kappa shape index (κ3) is 8.46. The van der Waals surface area contributed by atoms with Crippen LogP contribution < -0.4 is 4.13 Å². The topological polar surface area (TPSA) is 133 Å². The summed E-state index contributed by atoms with van der Waals surface area (Å²) < 4.78 is 144. The largest absolute Gasteiger partial charge is 0.512 e. The summed E-state index contributed by atoms with van der Waals surface area (Å²) in [5.74, 6) is -7.84. The molecule has 198 valence electrons. The molecule has 0 amide bonds. The fourth-order valence-electron chi connectivity index (χ4n) is 2.01. The molecule has 0 saturated heterocycles. The number of benzene rings is 1. The Morgan fingerprint density at radius 1 is 0.829 bits per heavy atom. The fourth-order valence-corrected chi connectivity index (χ4v) is 4.46. The molecule has 1 aromatic carbocycles. The molecule has 35 heavy (non-hydrogen) atoms. The summed E-state index contributed by atoms with van der Waals surface area (Å²) in [5.41, 5.74) is -5.75. The number of nitrogens with one attached hydrogen (secondary N) is 1. The van der Waals surface area contributed by atoms with Crippen LogP contribution in [-0.2, 0) is 45.7 Å². The van der Waals surface area contributed by atoms with Gasteiger partial charge in [-0.2, -0.15) is 30.7 Å². The van der Waals surface area contributed by atoms with Crippen LogP contribution in [0, 0.1) is 0 Å². The highest BCUT2D eigenvalue weighted by Gasteiger charge is 2.67. The van der Waals surface area contributed by atoms with Crippen LogP contribution in [-0.4, -0.2) is 52.1 Å². The van der Waals surface area contributed by atoms with Crippen LogP contribution in [0.5, 0.6) is 0 Å². The van der Waals surface area contributed by atoms with Gasteiger partial charge in [-0.3, -0.25) is 0 Å². The monoisotopic (exact) mass is 559 g/mol. The summed E-state index contributed by atoms with van der Waals surface area (Å²) in [5, 5.41) is -6.29. The van der Waals surface area contributed by atoms with Crippen molar-refractivity contribution in [2.24, 2.45) is 0 Å². The van der Waals surface area contributed by atoms with Crippen LogP contribution >= 0.6 is 0 Å².